The van der Waals surface area contributed by atoms with Crippen LogP contribution in [0.15, 0.2) is 60.8 Å². The zero-order chi connectivity index (χ0) is 23.8. The molecule has 0 N–H and O–H groups in total. The minimum atomic E-state index is -1.53. The molecule has 0 fully saturated rings. The Kier molecular flexibility index (Phi) is 5.76. The van der Waals surface area contributed by atoms with Crippen molar-refractivity contribution in [1.82, 2.24) is 4.98 Å². The van der Waals surface area contributed by atoms with Crippen molar-refractivity contribution in [3.05, 3.63) is 93.3 Å². The number of hydrogen-bond donors (Lipinski definition) is 0. The van der Waals surface area contributed by atoms with E-state index in [1.165, 1.54) is 6.07 Å². The summed E-state index contributed by atoms with van der Waals surface area (Å²) in [6.45, 7) is 5.84. The predicted octanol–water partition coefficient (Wildman–Crippen LogP) is 4.36. The largest absolute Gasteiger partial charge is 0.439 e. The van der Waals surface area contributed by atoms with E-state index in [1.54, 1.807) is 35.4 Å². The van der Waals surface area contributed by atoms with Crippen molar-refractivity contribution >= 4 is 23.0 Å². The molecule has 0 radical (unpaired) electrons. The van der Waals surface area contributed by atoms with Gasteiger partial charge in [-0.2, -0.15) is 0 Å². The van der Waals surface area contributed by atoms with E-state index in [1.807, 2.05) is 38.4 Å². The number of ether oxygens (including phenoxy) is 1. The van der Waals surface area contributed by atoms with Crippen molar-refractivity contribution in [3.8, 4) is 0 Å². The van der Waals surface area contributed by atoms with Gasteiger partial charge >= 0.3 is 5.97 Å². The number of carbonyl (C=O) groups is 1. The number of esters is 1. The number of hydrogen-bond acceptors (Lipinski definition) is 7. The molecule has 2 aromatic carbocycles. The fourth-order valence-electron chi connectivity index (χ4n) is 4.37. The number of nitrogens with zero attached hydrogens (tertiary/aromatic N) is 4. The molecule has 4 rings (SSSR count). The fraction of sp³-hybridized carbons (Fsp3) is 0.280. The lowest BCUT2D eigenvalue weighted by atomic mass is 9.81. The number of cyclic esters (lactones) is 1. The average molecular weight is 447 g/mol. The standard InChI is InChI=1S/C25H26N4O4/c1-5-28(6-2)18-11-9-17(10-12-18)25(23-20(24(30)33-25)8-7-15-26-23)21-14-13-19(27(3)4)16-22(21)29(31)32/h7-16H,5-6H2,1-4H3. The summed E-state index contributed by atoms with van der Waals surface area (Å²) in [5, 5.41) is 12.2. The van der Waals surface area contributed by atoms with Crippen molar-refractivity contribution in [2.75, 3.05) is 37.0 Å². The van der Waals surface area contributed by atoms with Gasteiger partial charge in [-0.1, -0.05) is 12.1 Å². The third-order valence-corrected chi connectivity index (χ3v) is 6.08. The topological polar surface area (TPSA) is 88.8 Å². The van der Waals surface area contributed by atoms with Crippen molar-refractivity contribution < 1.29 is 14.5 Å². The molecule has 0 spiro atoms. The van der Waals surface area contributed by atoms with Gasteiger partial charge in [-0.3, -0.25) is 15.1 Å². The van der Waals surface area contributed by atoms with Crippen LogP contribution in [-0.2, 0) is 10.3 Å². The molecule has 1 aromatic heterocycles. The van der Waals surface area contributed by atoms with Crippen LogP contribution >= 0.6 is 0 Å². The number of anilines is 2. The Bertz CT molecular complexity index is 1210. The quantitative estimate of drug-likeness (QED) is 0.303. The van der Waals surface area contributed by atoms with Crippen LogP contribution in [0.4, 0.5) is 17.1 Å². The van der Waals surface area contributed by atoms with Gasteiger partial charge in [-0.25, -0.2) is 4.79 Å². The molecule has 0 saturated carbocycles. The summed E-state index contributed by atoms with van der Waals surface area (Å²) >= 11 is 0. The molecule has 0 bridgehead atoms. The predicted molar refractivity (Wildman–Crippen MR) is 127 cm³/mol. The minimum absolute atomic E-state index is 0.139. The molecule has 3 aromatic rings. The van der Waals surface area contributed by atoms with Gasteiger partial charge in [-0.15, -0.1) is 0 Å². The summed E-state index contributed by atoms with van der Waals surface area (Å²) in [4.78, 5) is 33.1. The third kappa shape index (κ3) is 3.57. The molecule has 8 nitrogen and oxygen atoms in total. The van der Waals surface area contributed by atoms with Gasteiger partial charge in [0, 0.05) is 56.4 Å². The van der Waals surface area contributed by atoms with Gasteiger partial charge < -0.3 is 14.5 Å². The highest BCUT2D eigenvalue weighted by atomic mass is 16.6. The normalized spacial score (nSPS) is 16.8. The molecule has 1 unspecified atom stereocenters. The van der Waals surface area contributed by atoms with E-state index in [-0.39, 0.29) is 11.3 Å². The maximum atomic E-state index is 12.9. The highest BCUT2D eigenvalue weighted by molar-refractivity contribution is 5.96. The van der Waals surface area contributed by atoms with Gasteiger partial charge in [0.2, 0.25) is 5.60 Å². The third-order valence-electron chi connectivity index (χ3n) is 6.08. The first-order valence-corrected chi connectivity index (χ1v) is 10.8. The Morgan fingerprint density at radius 2 is 1.70 bits per heavy atom. The van der Waals surface area contributed by atoms with Crippen LogP contribution in [-0.4, -0.2) is 43.1 Å². The van der Waals surface area contributed by atoms with Crippen LogP contribution < -0.4 is 9.80 Å². The summed E-state index contributed by atoms with van der Waals surface area (Å²) < 4.78 is 6.00. The van der Waals surface area contributed by atoms with Crippen molar-refractivity contribution in [1.29, 1.82) is 0 Å². The van der Waals surface area contributed by atoms with E-state index in [9.17, 15) is 14.9 Å². The van der Waals surface area contributed by atoms with Gasteiger partial charge in [0.1, 0.15) is 5.69 Å². The number of fused-ring (bicyclic) bond motifs is 1. The summed E-state index contributed by atoms with van der Waals surface area (Å²) in [5.41, 5.74) is 1.54. The first-order valence-electron chi connectivity index (χ1n) is 10.8. The van der Waals surface area contributed by atoms with E-state index < -0.39 is 16.5 Å². The monoisotopic (exact) mass is 446 g/mol. The number of carbonyl (C=O) groups excluding carboxylic acids is 1. The lowest BCUT2D eigenvalue weighted by Crippen LogP contribution is -2.31. The first kappa shape index (κ1) is 22.3. The summed E-state index contributed by atoms with van der Waals surface area (Å²) in [6.07, 6.45) is 1.57. The number of pyridine rings is 1. The lowest BCUT2D eigenvalue weighted by molar-refractivity contribution is -0.386. The Labute approximate surface area is 192 Å². The van der Waals surface area contributed by atoms with Crippen LogP contribution in [0.2, 0.25) is 0 Å². The molecule has 1 aliphatic rings. The summed E-state index contributed by atoms with van der Waals surface area (Å²) in [5.74, 6) is -0.558. The zero-order valence-corrected chi connectivity index (χ0v) is 19.1. The van der Waals surface area contributed by atoms with E-state index in [4.69, 9.17) is 4.74 Å². The summed E-state index contributed by atoms with van der Waals surface area (Å²) in [6, 6.07) is 15.8. The van der Waals surface area contributed by atoms with Crippen LogP contribution in [0.5, 0.6) is 0 Å². The van der Waals surface area contributed by atoms with Gasteiger partial charge in [0.15, 0.2) is 0 Å². The second kappa shape index (κ2) is 8.54. The maximum absolute atomic E-state index is 12.9. The first-order chi connectivity index (χ1) is 15.8. The molecule has 2 heterocycles. The van der Waals surface area contributed by atoms with E-state index in [0.29, 0.717) is 22.5 Å². The fourth-order valence-corrected chi connectivity index (χ4v) is 4.37. The Morgan fingerprint density at radius 1 is 1.03 bits per heavy atom. The van der Waals surface area contributed by atoms with Crippen LogP contribution in [0.25, 0.3) is 0 Å². The second-order valence-corrected chi connectivity index (χ2v) is 8.04. The molecular formula is C25H26N4O4. The van der Waals surface area contributed by atoms with Crippen molar-refractivity contribution in [2.24, 2.45) is 0 Å². The average Bonchev–Trinajstić information content (AvgIpc) is 3.13. The zero-order valence-electron chi connectivity index (χ0n) is 19.1. The minimum Gasteiger partial charge on any atom is -0.439 e. The van der Waals surface area contributed by atoms with E-state index >= 15 is 0 Å². The van der Waals surface area contributed by atoms with E-state index in [0.717, 1.165) is 18.8 Å². The number of nitro groups is 1. The molecular weight excluding hydrogens is 420 g/mol. The SMILES string of the molecule is CCN(CC)c1ccc(C2(c3ccc(N(C)C)cc3[N+](=O)[O-])OC(=O)c3cccnc32)cc1. The van der Waals surface area contributed by atoms with Crippen LogP contribution in [0.3, 0.4) is 0 Å². The molecule has 1 aliphatic heterocycles. The number of aromatic nitrogens is 1. The number of nitro benzene ring substituents is 1. The Balaban J connectivity index is 2.00. The molecule has 33 heavy (non-hydrogen) atoms. The van der Waals surface area contributed by atoms with Gasteiger partial charge in [0.25, 0.3) is 5.69 Å². The van der Waals surface area contributed by atoms with Crippen molar-refractivity contribution in [2.45, 2.75) is 19.4 Å². The highest BCUT2D eigenvalue weighted by Gasteiger charge is 2.53. The smallest absolute Gasteiger partial charge is 0.341 e. The Morgan fingerprint density at radius 3 is 2.30 bits per heavy atom. The second-order valence-electron chi connectivity index (χ2n) is 8.04. The Hall–Kier alpha value is -3.94. The maximum Gasteiger partial charge on any atom is 0.341 e. The number of benzene rings is 2. The van der Waals surface area contributed by atoms with E-state index in [2.05, 4.69) is 23.7 Å². The lowest BCUT2D eigenvalue weighted by Gasteiger charge is -2.30. The molecule has 0 amide bonds. The molecule has 170 valence electrons. The summed E-state index contributed by atoms with van der Waals surface area (Å²) in [7, 11) is 3.62. The van der Waals surface area contributed by atoms with Crippen LogP contribution in [0, 0.1) is 10.1 Å². The molecule has 1 atom stereocenters. The molecule has 0 aliphatic carbocycles. The van der Waals surface area contributed by atoms with Gasteiger partial charge in [0.05, 0.1) is 16.1 Å². The van der Waals surface area contributed by atoms with Crippen molar-refractivity contribution in [3.63, 3.8) is 0 Å². The number of rotatable bonds is 7. The molecule has 8 heteroatoms. The highest BCUT2D eigenvalue weighted by Crippen LogP contribution is 2.49. The molecule has 0 saturated heterocycles. The van der Waals surface area contributed by atoms with Gasteiger partial charge in [-0.05, 0) is 50.2 Å². The van der Waals surface area contributed by atoms with Crippen LogP contribution in [0.1, 0.15) is 41.0 Å².